The van der Waals surface area contributed by atoms with E-state index < -0.39 is 0 Å². The van der Waals surface area contributed by atoms with Gasteiger partial charge in [-0.2, -0.15) is 0 Å². The predicted octanol–water partition coefficient (Wildman–Crippen LogP) is 2.79. The largest absolute Gasteiger partial charge is 0.351 e. The van der Waals surface area contributed by atoms with Crippen LogP contribution < -0.4 is 5.32 Å². The predicted molar refractivity (Wildman–Crippen MR) is 66.6 cm³/mol. The van der Waals surface area contributed by atoms with E-state index in [1.54, 1.807) is 25.1 Å². The third-order valence-corrected chi connectivity index (χ3v) is 2.56. The smallest absolute Gasteiger partial charge is 0.251 e. The van der Waals surface area contributed by atoms with Crippen LogP contribution in [0.25, 0.3) is 0 Å². The van der Waals surface area contributed by atoms with Gasteiger partial charge < -0.3 is 5.32 Å². The Bertz CT molecular complexity index is 443. The molecule has 0 saturated heterocycles. The van der Waals surface area contributed by atoms with Crippen LogP contribution in [0.15, 0.2) is 18.2 Å². The van der Waals surface area contributed by atoms with Gasteiger partial charge in [-0.25, -0.2) is 0 Å². The van der Waals surface area contributed by atoms with E-state index in [-0.39, 0.29) is 5.91 Å². The van der Waals surface area contributed by atoms with Gasteiger partial charge in [-0.3, -0.25) is 4.79 Å². The van der Waals surface area contributed by atoms with E-state index in [1.807, 2.05) is 6.92 Å². The molecule has 0 unspecified atom stereocenters. The highest BCUT2D eigenvalue weighted by Gasteiger charge is 2.05. The minimum Gasteiger partial charge on any atom is -0.351 e. The van der Waals surface area contributed by atoms with Crippen molar-refractivity contribution in [2.24, 2.45) is 0 Å². The summed E-state index contributed by atoms with van der Waals surface area (Å²) < 4.78 is 0. The molecule has 1 aromatic rings. The molecule has 0 saturated carbocycles. The van der Waals surface area contributed by atoms with Gasteiger partial charge in [0.1, 0.15) is 0 Å². The van der Waals surface area contributed by atoms with Gasteiger partial charge >= 0.3 is 0 Å². The summed E-state index contributed by atoms with van der Waals surface area (Å²) in [6.07, 6.45) is 0.675. The third kappa shape index (κ3) is 3.60. The maximum Gasteiger partial charge on any atom is 0.251 e. The molecule has 0 spiro atoms. The molecule has 16 heavy (non-hydrogen) atoms. The number of benzene rings is 1. The van der Waals surface area contributed by atoms with Gasteiger partial charge in [-0.1, -0.05) is 11.6 Å². The summed E-state index contributed by atoms with van der Waals surface area (Å²) in [6, 6.07) is 5.23. The van der Waals surface area contributed by atoms with Crippen molar-refractivity contribution in [3.63, 3.8) is 0 Å². The Hall–Kier alpha value is -1.46. The number of nitrogens with one attached hydrogen (secondary N) is 1. The Morgan fingerprint density at radius 1 is 1.50 bits per heavy atom. The average molecular weight is 236 g/mol. The van der Waals surface area contributed by atoms with Crippen LogP contribution in [-0.4, -0.2) is 12.5 Å². The fourth-order valence-electron chi connectivity index (χ4n) is 1.25. The van der Waals surface area contributed by atoms with E-state index in [1.165, 1.54) is 0 Å². The molecule has 84 valence electrons. The quantitative estimate of drug-likeness (QED) is 0.634. The summed E-state index contributed by atoms with van der Waals surface area (Å²) in [6.45, 7) is 4.23. The maximum atomic E-state index is 11.7. The zero-order chi connectivity index (χ0) is 12.0. The lowest BCUT2D eigenvalue weighted by molar-refractivity contribution is 0.0954. The molecular weight excluding hydrogens is 222 g/mol. The van der Waals surface area contributed by atoms with Gasteiger partial charge in [0.05, 0.1) is 0 Å². The van der Waals surface area contributed by atoms with Crippen molar-refractivity contribution in [1.29, 1.82) is 0 Å². The van der Waals surface area contributed by atoms with Crippen molar-refractivity contribution >= 4 is 17.5 Å². The lowest BCUT2D eigenvalue weighted by Gasteiger charge is -2.04. The minimum absolute atomic E-state index is 0.0855. The highest BCUT2D eigenvalue weighted by Crippen LogP contribution is 2.16. The zero-order valence-electron chi connectivity index (χ0n) is 9.43. The van der Waals surface area contributed by atoms with E-state index in [0.717, 1.165) is 5.56 Å². The Balaban J connectivity index is 2.58. The number of aryl methyl sites for hydroxylation is 1. The molecular formula is C13H14ClNO. The monoisotopic (exact) mass is 235 g/mol. The van der Waals surface area contributed by atoms with Gasteiger partial charge in [0.15, 0.2) is 0 Å². The van der Waals surface area contributed by atoms with Crippen molar-refractivity contribution in [2.45, 2.75) is 20.3 Å². The minimum atomic E-state index is -0.0855. The average Bonchev–Trinajstić information content (AvgIpc) is 2.28. The lowest BCUT2D eigenvalue weighted by Crippen LogP contribution is -2.24. The maximum absolute atomic E-state index is 11.7. The van der Waals surface area contributed by atoms with Crippen LogP contribution >= 0.6 is 11.6 Å². The van der Waals surface area contributed by atoms with Gasteiger partial charge in [-0.15, -0.1) is 11.8 Å². The van der Waals surface area contributed by atoms with Crippen LogP contribution in [0.2, 0.25) is 5.02 Å². The van der Waals surface area contributed by atoms with Gasteiger partial charge in [0.25, 0.3) is 5.91 Å². The fourth-order valence-corrected chi connectivity index (χ4v) is 1.37. The van der Waals surface area contributed by atoms with Crippen molar-refractivity contribution < 1.29 is 4.79 Å². The van der Waals surface area contributed by atoms with E-state index in [9.17, 15) is 4.79 Å². The summed E-state index contributed by atoms with van der Waals surface area (Å²) in [5.74, 6) is 5.58. The molecule has 3 heteroatoms. The Morgan fingerprint density at radius 2 is 2.25 bits per heavy atom. The Kier molecular flexibility index (Phi) is 4.88. The van der Waals surface area contributed by atoms with Crippen molar-refractivity contribution in [3.8, 4) is 11.8 Å². The molecule has 2 nitrogen and oxygen atoms in total. The summed E-state index contributed by atoms with van der Waals surface area (Å²) in [5.41, 5.74) is 1.54. The molecule has 0 bridgehead atoms. The number of carbonyl (C=O) groups is 1. The zero-order valence-corrected chi connectivity index (χ0v) is 10.2. The number of hydrogen-bond acceptors (Lipinski definition) is 1. The molecule has 0 aliphatic carbocycles. The van der Waals surface area contributed by atoms with Crippen LogP contribution in [0.4, 0.5) is 0 Å². The second-order valence-corrected chi connectivity index (χ2v) is 3.80. The highest BCUT2D eigenvalue weighted by molar-refractivity contribution is 6.31. The molecule has 0 aromatic heterocycles. The van der Waals surface area contributed by atoms with Gasteiger partial charge in [-0.05, 0) is 37.6 Å². The molecule has 0 atom stereocenters. The highest BCUT2D eigenvalue weighted by atomic mass is 35.5. The molecule has 0 radical (unpaired) electrons. The SMILES string of the molecule is CC#CCCNC(=O)c1ccc(Cl)c(C)c1. The van der Waals surface area contributed by atoms with Crippen LogP contribution in [0.3, 0.4) is 0 Å². The summed E-state index contributed by atoms with van der Waals surface area (Å²) in [5, 5.41) is 3.47. The fraction of sp³-hybridized carbons (Fsp3) is 0.308. The lowest BCUT2D eigenvalue weighted by atomic mass is 10.1. The van der Waals surface area contributed by atoms with E-state index >= 15 is 0 Å². The first-order valence-corrected chi connectivity index (χ1v) is 5.47. The standard InChI is InChI=1S/C13H14ClNO/c1-3-4-5-8-15-13(16)11-6-7-12(14)10(2)9-11/h6-7,9H,5,8H2,1-2H3,(H,15,16). The van der Waals surface area contributed by atoms with Crippen molar-refractivity contribution in [3.05, 3.63) is 34.3 Å². The van der Waals surface area contributed by atoms with Crippen LogP contribution in [0.5, 0.6) is 0 Å². The molecule has 0 aliphatic heterocycles. The first kappa shape index (κ1) is 12.6. The molecule has 0 fully saturated rings. The molecule has 0 aliphatic rings. The number of rotatable bonds is 3. The summed E-state index contributed by atoms with van der Waals surface area (Å²) >= 11 is 5.88. The van der Waals surface area contributed by atoms with E-state index in [2.05, 4.69) is 17.2 Å². The van der Waals surface area contributed by atoms with E-state index in [4.69, 9.17) is 11.6 Å². The van der Waals surface area contributed by atoms with E-state index in [0.29, 0.717) is 23.6 Å². The second kappa shape index (κ2) is 6.19. The number of hydrogen-bond donors (Lipinski definition) is 1. The van der Waals surface area contributed by atoms with Crippen molar-refractivity contribution in [2.75, 3.05) is 6.54 Å². The van der Waals surface area contributed by atoms with Crippen LogP contribution in [0.1, 0.15) is 29.3 Å². The van der Waals surface area contributed by atoms with Crippen molar-refractivity contribution in [1.82, 2.24) is 5.32 Å². The van der Waals surface area contributed by atoms with Crippen LogP contribution in [0, 0.1) is 18.8 Å². The Labute approximate surface area is 101 Å². The third-order valence-electron chi connectivity index (χ3n) is 2.13. The number of amides is 1. The van der Waals surface area contributed by atoms with Gasteiger partial charge in [0, 0.05) is 23.6 Å². The number of carbonyl (C=O) groups excluding carboxylic acids is 1. The normalized spacial score (nSPS) is 9.19. The second-order valence-electron chi connectivity index (χ2n) is 3.40. The molecule has 0 heterocycles. The Morgan fingerprint density at radius 3 is 2.88 bits per heavy atom. The first-order chi connectivity index (χ1) is 7.65. The van der Waals surface area contributed by atoms with Gasteiger partial charge in [0.2, 0.25) is 0 Å². The topological polar surface area (TPSA) is 29.1 Å². The summed E-state index contributed by atoms with van der Waals surface area (Å²) in [4.78, 5) is 11.7. The summed E-state index contributed by atoms with van der Waals surface area (Å²) in [7, 11) is 0. The molecule has 1 aromatic carbocycles. The number of halogens is 1. The molecule has 1 amide bonds. The first-order valence-electron chi connectivity index (χ1n) is 5.09. The molecule has 1 rings (SSSR count). The molecule has 1 N–H and O–H groups in total. The van der Waals surface area contributed by atoms with Crippen LogP contribution in [-0.2, 0) is 0 Å².